The normalized spacial score (nSPS) is 14.1. The Balaban J connectivity index is 1.17. The molecule has 12 heteroatoms. The molecule has 1 fully saturated rings. The Kier molecular flexibility index (Phi) is 9.10. The number of hydrogen-bond donors (Lipinski definition) is 0. The summed E-state index contributed by atoms with van der Waals surface area (Å²) in [6.45, 7) is -0.623. The number of hydrogen-bond acceptors (Lipinski definition) is 9. The molecule has 4 aromatic rings. The van der Waals surface area contributed by atoms with E-state index in [0.717, 1.165) is 0 Å². The summed E-state index contributed by atoms with van der Waals surface area (Å²) in [7, 11) is 0. The monoisotopic (exact) mass is 626 g/mol. The van der Waals surface area contributed by atoms with E-state index in [0.29, 0.717) is 16.3 Å². The van der Waals surface area contributed by atoms with E-state index in [1.807, 2.05) is 0 Å². The smallest absolute Gasteiger partial charge is 0.343 e. The SMILES string of the molecule is O=C(COC(=O)[C@H]1CC(=O)N(c2ccc(Cl)cc2C(=O)c2ccccc2)C1)c1ccc(OC(=O)c2ccc([N+](=O)[O-])cc2)cc1. The molecule has 226 valence electrons. The van der Waals surface area contributed by atoms with E-state index in [1.54, 1.807) is 42.5 Å². The van der Waals surface area contributed by atoms with Gasteiger partial charge in [0.05, 0.1) is 22.1 Å². The molecule has 11 nitrogen and oxygen atoms in total. The molecule has 5 rings (SSSR count). The number of ether oxygens (including phenoxy) is 2. The number of Topliss-reactive ketones (excluding diaryl/α,β-unsaturated/α-hetero) is 1. The lowest BCUT2D eigenvalue weighted by Crippen LogP contribution is -2.28. The van der Waals surface area contributed by atoms with Crippen molar-refractivity contribution >= 4 is 52.4 Å². The van der Waals surface area contributed by atoms with Gasteiger partial charge < -0.3 is 14.4 Å². The second kappa shape index (κ2) is 13.3. The number of anilines is 1. The van der Waals surface area contributed by atoms with Gasteiger partial charge >= 0.3 is 11.9 Å². The molecule has 0 unspecified atom stereocenters. The van der Waals surface area contributed by atoms with Crippen LogP contribution in [0.5, 0.6) is 5.75 Å². The highest BCUT2D eigenvalue weighted by Crippen LogP contribution is 2.32. The number of amides is 1. The fourth-order valence-electron chi connectivity index (χ4n) is 4.70. The minimum atomic E-state index is -0.859. The molecular formula is C33H23ClN2O9. The number of benzene rings is 4. The maximum atomic E-state index is 13.2. The molecule has 0 bridgehead atoms. The third-order valence-corrected chi connectivity index (χ3v) is 7.27. The molecule has 0 aromatic heterocycles. The van der Waals surface area contributed by atoms with Crippen LogP contribution in [0.4, 0.5) is 11.4 Å². The molecule has 1 amide bonds. The van der Waals surface area contributed by atoms with Crippen LogP contribution in [0.1, 0.15) is 43.1 Å². The van der Waals surface area contributed by atoms with Crippen molar-refractivity contribution < 1.29 is 38.4 Å². The predicted molar refractivity (Wildman–Crippen MR) is 162 cm³/mol. The lowest BCUT2D eigenvalue weighted by atomic mass is 10.0. The number of esters is 2. The maximum absolute atomic E-state index is 13.2. The molecule has 1 saturated heterocycles. The van der Waals surface area contributed by atoms with Crippen LogP contribution in [0.25, 0.3) is 0 Å². The van der Waals surface area contributed by atoms with E-state index in [1.165, 1.54) is 59.5 Å². The maximum Gasteiger partial charge on any atom is 0.343 e. The molecule has 0 N–H and O–H groups in total. The molecule has 0 aliphatic carbocycles. The standard InChI is InChI=1S/C33H23ClN2O9/c34-24-10-15-28(27(17-24)31(39)21-4-2-1-3-5-21)35-18-23(16-30(35)38)32(40)44-19-29(37)20-8-13-26(14-9-20)45-33(41)22-6-11-25(12-7-22)36(42)43/h1-15,17,23H,16,18-19H2/t23-/m0/s1. The van der Waals surface area contributed by atoms with Crippen molar-refractivity contribution in [3.63, 3.8) is 0 Å². The Morgan fingerprint density at radius 2 is 1.53 bits per heavy atom. The van der Waals surface area contributed by atoms with Crippen molar-refractivity contribution in [3.8, 4) is 5.75 Å². The highest BCUT2D eigenvalue weighted by Gasteiger charge is 2.38. The zero-order chi connectivity index (χ0) is 32.1. The number of carbonyl (C=O) groups excluding carboxylic acids is 5. The minimum absolute atomic E-state index is 0.0443. The van der Waals surface area contributed by atoms with Crippen LogP contribution in [-0.2, 0) is 14.3 Å². The van der Waals surface area contributed by atoms with Crippen LogP contribution in [-0.4, -0.2) is 47.5 Å². The van der Waals surface area contributed by atoms with Gasteiger partial charge in [-0.3, -0.25) is 29.3 Å². The van der Waals surface area contributed by atoms with Crippen LogP contribution < -0.4 is 9.64 Å². The van der Waals surface area contributed by atoms with Crippen LogP contribution in [0, 0.1) is 16.0 Å². The fraction of sp³-hybridized carbons (Fsp3) is 0.121. The first-order valence-electron chi connectivity index (χ1n) is 13.6. The number of nitrogens with zero attached hydrogens (tertiary/aromatic N) is 2. The molecule has 1 aliphatic rings. The molecule has 1 heterocycles. The average molecular weight is 627 g/mol. The molecule has 1 aliphatic heterocycles. The van der Waals surface area contributed by atoms with Gasteiger partial charge in [0.2, 0.25) is 5.91 Å². The van der Waals surface area contributed by atoms with Crippen LogP contribution in [0.15, 0.2) is 97.1 Å². The molecule has 1 atom stereocenters. The lowest BCUT2D eigenvalue weighted by molar-refractivity contribution is -0.384. The van der Waals surface area contributed by atoms with Crippen molar-refractivity contribution in [2.75, 3.05) is 18.1 Å². The summed E-state index contributed by atoms with van der Waals surface area (Å²) in [6, 6.07) is 23.5. The van der Waals surface area contributed by atoms with Gasteiger partial charge in [0, 0.05) is 46.8 Å². The number of rotatable bonds is 10. The Bertz CT molecular complexity index is 1810. The molecule has 45 heavy (non-hydrogen) atoms. The molecule has 0 radical (unpaired) electrons. The van der Waals surface area contributed by atoms with Gasteiger partial charge in [0.25, 0.3) is 5.69 Å². The van der Waals surface area contributed by atoms with Gasteiger partial charge in [0.1, 0.15) is 5.75 Å². The van der Waals surface area contributed by atoms with Gasteiger partial charge in [-0.1, -0.05) is 41.9 Å². The predicted octanol–water partition coefficient (Wildman–Crippen LogP) is 5.48. The number of nitro benzene ring substituents is 1. The van der Waals surface area contributed by atoms with Crippen molar-refractivity contribution in [2.45, 2.75) is 6.42 Å². The van der Waals surface area contributed by atoms with Crippen molar-refractivity contribution in [1.29, 1.82) is 0 Å². The summed E-state index contributed by atoms with van der Waals surface area (Å²) in [5.74, 6) is -3.45. The zero-order valence-corrected chi connectivity index (χ0v) is 24.1. The van der Waals surface area contributed by atoms with Crippen LogP contribution in [0.3, 0.4) is 0 Å². The Hall–Kier alpha value is -5.68. The largest absolute Gasteiger partial charge is 0.457 e. The number of halogens is 1. The highest BCUT2D eigenvalue weighted by atomic mass is 35.5. The third kappa shape index (κ3) is 7.11. The quantitative estimate of drug-likeness (QED) is 0.0733. The summed E-state index contributed by atoms with van der Waals surface area (Å²) in [6.07, 6.45) is -0.163. The first-order chi connectivity index (χ1) is 21.6. The number of non-ortho nitro benzene ring substituents is 1. The van der Waals surface area contributed by atoms with E-state index in [9.17, 15) is 34.1 Å². The van der Waals surface area contributed by atoms with E-state index in [-0.39, 0.29) is 52.8 Å². The first-order valence-corrected chi connectivity index (χ1v) is 13.9. The number of ketones is 2. The second-order valence-corrected chi connectivity index (χ2v) is 10.4. The van der Waals surface area contributed by atoms with Crippen molar-refractivity contribution in [1.82, 2.24) is 0 Å². The third-order valence-electron chi connectivity index (χ3n) is 7.03. The Morgan fingerprint density at radius 1 is 0.867 bits per heavy atom. The van der Waals surface area contributed by atoms with Gasteiger partial charge in [0.15, 0.2) is 18.2 Å². The average Bonchev–Trinajstić information content (AvgIpc) is 3.45. The molecule has 0 saturated carbocycles. The van der Waals surface area contributed by atoms with Crippen molar-refractivity contribution in [2.24, 2.45) is 5.92 Å². The highest BCUT2D eigenvalue weighted by molar-refractivity contribution is 6.31. The summed E-state index contributed by atoms with van der Waals surface area (Å²) < 4.78 is 10.5. The Labute approximate surface area is 261 Å². The summed E-state index contributed by atoms with van der Waals surface area (Å²) in [5, 5.41) is 11.1. The topological polar surface area (TPSA) is 150 Å². The van der Waals surface area contributed by atoms with Gasteiger partial charge in [-0.15, -0.1) is 0 Å². The van der Waals surface area contributed by atoms with E-state index < -0.39 is 35.2 Å². The molecular weight excluding hydrogens is 604 g/mol. The van der Waals surface area contributed by atoms with Gasteiger partial charge in [-0.25, -0.2) is 4.79 Å². The fourth-order valence-corrected chi connectivity index (χ4v) is 4.87. The lowest BCUT2D eigenvalue weighted by Gasteiger charge is -2.20. The molecule has 0 spiro atoms. The zero-order valence-electron chi connectivity index (χ0n) is 23.4. The van der Waals surface area contributed by atoms with E-state index in [4.69, 9.17) is 21.1 Å². The van der Waals surface area contributed by atoms with Crippen LogP contribution in [0.2, 0.25) is 5.02 Å². The van der Waals surface area contributed by atoms with E-state index >= 15 is 0 Å². The van der Waals surface area contributed by atoms with Gasteiger partial charge in [-0.05, 0) is 54.6 Å². The van der Waals surface area contributed by atoms with E-state index in [2.05, 4.69) is 0 Å². The van der Waals surface area contributed by atoms with Crippen LogP contribution >= 0.6 is 11.6 Å². The van der Waals surface area contributed by atoms with Gasteiger partial charge in [-0.2, -0.15) is 0 Å². The Morgan fingerprint density at radius 3 is 2.20 bits per heavy atom. The first kappa shape index (κ1) is 30.8. The summed E-state index contributed by atoms with van der Waals surface area (Å²) in [5.41, 5.74) is 1.07. The van der Waals surface area contributed by atoms with Crippen molar-refractivity contribution in [3.05, 3.63) is 134 Å². The second-order valence-electron chi connectivity index (χ2n) is 10.0. The minimum Gasteiger partial charge on any atom is -0.457 e. The molecule has 4 aromatic carbocycles. The number of carbonyl (C=O) groups is 5. The summed E-state index contributed by atoms with van der Waals surface area (Å²) >= 11 is 6.16. The summed E-state index contributed by atoms with van der Waals surface area (Å²) in [4.78, 5) is 75.5. The number of nitro groups is 1.